The number of hydrogen-bond donors (Lipinski definition) is 1. The number of benzene rings is 1. The Hall–Kier alpha value is -2.09. The Bertz CT molecular complexity index is 1050. The van der Waals surface area contributed by atoms with Crippen molar-refractivity contribution in [3.8, 4) is 11.1 Å². The smallest absolute Gasteiger partial charge is 0.387 e. The van der Waals surface area contributed by atoms with Crippen LogP contribution in [0, 0.1) is 0 Å². The Labute approximate surface area is 174 Å². The first-order valence-corrected chi connectivity index (χ1v) is 9.59. The van der Waals surface area contributed by atoms with Gasteiger partial charge in [-0.25, -0.2) is 0 Å². The summed E-state index contributed by atoms with van der Waals surface area (Å²) in [5, 5.41) is 9.79. The maximum atomic E-state index is 13.2. The molecule has 2 aliphatic rings. The summed E-state index contributed by atoms with van der Waals surface area (Å²) in [4.78, 5) is 17.3. The van der Waals surface area contributed by atoms with E-state index in [4.69, 9.17) is 23.2 Å². The highest BCUT2D eigenvalue weighted by atomic mass is 35.5. The third-order valence-corrected chi connectivity index (χ3v) is 6.16. The number of amides is 1. The van der Waals surface area contributed by atoms with E-state index in [0.29, 0.717) is 35.5 Å². The van der Waals surface area contributed by atoms with Gasteiger partial charge < -0.3 is 10.0 Å². The molecule has 1 aromatic carbocycles. The summed E-state index contributed by atoms with van der Waals surface area (Å²) >= 11 is 12.7. The minimum absolute atomic E-state index is 0.251. The molecule has 0 unspecified atom stereocenters. The zero-order valence-corrected chi connectivity index (χ0v) is 16.5. The standard InChI is InChI=1S/C20H15Cl2F3N2O2/c21-16-5-13(11-3-12(7-26-6-11)20(23,24)25)18-14(19(16)22)4-10-1-2-27(8-15(10)18)17(29)9-28/h3,5-7,28H,1-2,4,8-9H2. The molecule has 0 spiro atoms. The molecule has 4 nitrogen and oxygen atoms in total. The van der Waals surface area contributed by atoms with Crippen LogP contribution in [0.5, 0.6) is 0 Å². The molecule has 1 aromatic heterocycles. The minimum Gasteiger partial charge on any atom is -0.387 e. The van der Waals surface area contributed by atoms with E-state index >= 15 is 0 Å². The van der Waals surface area contributed by atoms with Crippen LogP contribution < -0.4 is 0 Å². The summed E-state index contributed by atoms with van der Waals surface area (Å²) in [5.74, 6) is -0.396. The lowest BCUT2D eigenvalue weighted by atomic mass is 9.92. The molecular weight excluding hydrogens is 428 g/mol. The van der Waals surface area contributed by atoms with Crippen molar-refractivity contribution in [1.82, 2.24) is 9.88 Å². The van der Waals surface area contributed by atoms with E-state index in [1.165, 1.54) is 11.1 Å². The molecule has 0 fully saturated rings. The molecule has 2 heterocycles. The van der Waals surface area contributed by atoms with Crippen LogP contribution in [-0.4, -0.2) is 40.6 Å². The second kappa shape index (κ2) is 7.31. The van der Waals surface area contributed by atoms with Crippen molar-refractivity contribution in [3.05, 3.63) is 56.8 Å². The Morgan fingerprint density at radius 1 is 1.24 bits per heavy atom. The van der Waals surface area contributed by atoms with Gasteiger partial charge in [-0.05, 0) is 47.2 Å². The number of alkyl halides is 3. The molecule has 0 saturated carbocycles. The molecule has 0 atom stereocenters. The van der Waals surface area contributed by atoms with E-state index in [0.717, 1.165) is 29.0 Å². The molecule has 0 saturated heterocycles. The van der Waals surface area contributed by atoms with Gasteiger partial charge in [0.05, 0.1) is 15.6 Å². The van der Waals surface area contributed by atoms with E-state index in [9.17, 15) is 23.1 Å². The quantitative estimate of drug-likeness (QED) is 0.738. The molecule has 1 amide bonds. The lowest BCUT2D eigenvalue weighted by Gasteiger charge is -2.29. The lowest BCUT2D eigenvalue weighted by molar-refractivity contribution is -0.137. The molecule has 1 N–H and O–H groups in total. The number of carbonyl (C=O) groups is 1. The fourth-order valence-corrected chi connectivity index (χ4v) is 4.38. The van der Waals surface area contributed by atoms with Crippen LogP contribution in [0.3, 0.4) is 0 Å². The Morgan fingerprint density at radius 3 is 2.69 bits per heavy atom. The number of carbonyl (C=O) groups excluding carboxylic acids is 1. The third kappa shape index (κ3) is 3.52. The van der Waals surface area contributed by atoms with Crippen molar-refractivity contribution < 1.29 is 23.1 Å². The van der Waals surface area contributed by atoms with Gasteiger partial charge in [-0.3, -0.25) is 9.78 Å². The topological polar surface area (TPSA) is 53.4 Å². The molecule has 4 rings (SSSR count). The Morgan fingerprint density at radius 2 is 2.00 bits per heavy atom. The third-order valence-electron chi connectivity index (χ3n) is 5.33. The highest BCUT2D eigenvalue weighted by Crippen LogP contribution is 2.48. The second-order valence-corrected chi connectivity index (χ2v) is 7.80. The van der Waals surface area contributed by atoms with E-state index in [-0.39, 0.29) is 17.1 Å². The maximum absolute atomic E-state index is 13.2. The molecular formula is C20H15Cl2F3N2O2. The molecule has 2 aromatic rings. The predicted molar refractivity (Wildman–Crippen MR) is 104 cm³/mol. The van der Waals surface area contributed by atoms with Gasteiger partial charge in [-0.2, -0.15) is 13.2 Å². The van der Waals surface area contributed by atoms with Gasteiger partial charge in [0, 0.05) is 31.0 Å². The summed E-state index contributed by atoms with van der Waals surface area (Å²) in [6.07, 6.45) is -1.27. The van der Waals surface area contributed by atoms with Crippen LogP contribution in [0.1, 0.15) is 23.1 Å². The van der Waals surface area contributed by atoms with Crippen LogP contribution in [0.4, 0.5) is 13.2 Å². The van der Waals surface area contributed by atoms with Crippen molar-refractivity contribution in [2.75, 3.05) is 19.7 Å². The number of pyridine rings is 1. The van der Waals surface area contributed by atoms with Gasteiger partial charge in [-0.1, -0.05) is 28.8 Å². The number of halogens is 5. The first kappa shape index (κ1) is 20.2. The maximum Gasteiger partial charge on any atom is 0.417 e. The van der Waals surface area contributed by atoms with Crippen molar-refractivity contribution in [1.29, 1.82) is 0 Å². The molecule has 29 heavy (non-hydrogen) atoms. The zero-order valence-electron chi connectivity index (χ0n) is 15.0. The van der Waals surface area contributed by atoms with Crippen LogP contribution >= 0.6 is 23.2 Å². The molecule has 9 heteroatoms. The number of aliphatic hydroxyl groups excluding tert-OH is 1. The van der Waals surface area contributed by atoms with E-state index in [2.05, 4.69) is 4.98 Å². The molecule has 1 aliphatic carbocycles. The Balaban J connectivity index is 1.87. The number of aliphatic hydroxyl groups is 1. The van der Waals surface area contributed by atoms with Crippen molar-refractivity contribution >= 4 is 34.7 Å². The van der Waals surface area contributed by atoms with Gasteiger partial charge in [-0.15, -0.1) is 0 Å². The highest BCUT2D eigenvalue weighted by Gasteiger charge is 2.35. The van der Waals surface area contributed by atoms with E-state index in [1.54, 1.807) is 6.07 Å². The van der Waals surface area contributed by atoms with Crippen molar-refractivity contribution in [2.24, 2.45) is 0 Å². The molecule has 0 bridgehead atoms. The average molecular weight is 443 g/mol. The first-order chi connectivity index (χ1) is 13.7. The van der Waals surface area contributed by atoms with Gasteiger partial charge >= 0.3 is 6.18 Å². The van der Waals surface area contributed by atoms with Crippen molar-refractivity contribution in [3.63, 3.8) is 0 Å². The second-order valence-electron chi connectivity index (χ2n) is 7.02. The summed E-state index contributed by atoms with van der Waals surface area (Å²) in [5.41, 5.74) is 3.28. The van der Waals surface area contributed by atoms with Crippen LogP contribution in [-0.2, 0) is 17.4 Å². The van der Waals surface area contributed by atoms with Gasteiger partial charge in [0.15, 0.2) is 0 Å². The predicted octanol–water partition coefficient (Wildman–Crippen LogP) is 4.61. The van der Waals surface area contributed by atoms with Crippen LogP contribution in [0.25, 0.3) is 16.7 Å². The SMILES string of the molecule is O=C(CO)N1CCC2=C(C1)c1c(-c3cncc(C(F)(F)F)c3)cc(Cl)c(Cl)c1C2. The van der Waals surface area contributed by atoms with E-state index < -0.39 is 24.3 Å². The molecule has 152 valence electrons. The molecule has 0 radical (unpaired) electrons. The monoisotopic (exact) mass is 442 g/mol. The normalized spacial score (nSPS) is 16.1. The van der Waals surface area contributed by atoms with Gasteiger partial charge in [0.1, 0.15) is 6.61 Å². The van der Waals surface area contributed by atoms with E-state index in [1.807, 2.05) is 0 Å². The Kier molecular flexibility index (Phi) is 5.09. The fraction of sp³-hybridized carbons (Fsp3) is 0.300. The molecule has 1 aliphatic heterocycles. The number of fused-ring (bicyclic) bond motifs is 2. The van der Waals surface area contributed by atoms with Crippen LogP contribution in [0.15, 0.2) is 30.1 Å². The summed E-state index contributed by atoms with van der Waals surface area (Å²) in [6.45, 7) is 0.137. The summed E-state index contributed by atoms with van der Waals surface area (Å²) < 4.78 is 39.6. The summed E-state index contributed by atoms with van der Waals surface area (Å²) in [6, 6.07) is 2.58. The number of nitrogens with zero attached hydrogens (tertiary/aromatic N) is 2. The number of hydrogen-bond acceptors (Lipinski definition) is 3. The van der Waals surface area contributed by atoms with Crippen LogP contribution in [0.2, 0.25) is 10.0 Å². The minimum atomic E-state index is -4.53. The highest BCUT2D eigenvalue weighted by molar-refractivity contribution is 6.43. The zero-order chi connectivity index (χ0) is 20.9. The summed E-state index contributed by atoms with van der Waals surface area (Å²) in [7, 11) is 0. The van der Waals surface area contributed by atoms with Gasteiger partial charge in [0.25, 0.3) is 0 Å². The fourth-order valence-electron chi connectivity index (χ4n) is 3.94. The first-order valence-electron chi connectivity index (χ1n) is 8.84. The lowest BCUT2D eigenvalue weighted by Crippen LogP contribution is -2.37. The van der Waals surface area contributed by atoms with Crippen molar-refractivity contribution in [2.45, 2.75) is 19.0 Å². The van der Waals surface area contributed by atoms with Gasteiger partial charge in [0.2, 0.25) is 5.91 Å². The average Bonchev–Trinajstić information content (AvgIpc) is 3.08. The number of rotatable bonds is 2. The number of aromatic nitrogens is 1. The largest absolute Gasteiger partial charge is 0.417 e.